The van der Waals surface area contributed by atoms with Crippen LogP contribution in [0.25, 0.3) is 11.3 Å². The van der Waals surface area contributed by atoms with Gasteiger partial charge in [-0.2, -0.15) is 0 Å². The standard InChI is InChI=1S/C23H21FN2O3S2/c24-17-6-3-15(4-7-17)18-13-30-23(25-18)31-14-22(27)26-9-1-2-19(26)16-5-8-20-21(12-16)29-11-10-28-20/h3-8,12-13,19H,1-2,9-11,14H2. The highest BCUT2D eigenvalue weighted by molar-refractivity contribution is 8.01. The van der Waals surface area contributed by atoms with Gasteiger partial charge in [0.05, 0.1) is 17.5 Å². The first-order valence-electron chi connectivity index (χ1n) is 10.2. The number of carbonyl (C=O) groups excluding carboxylic acids is 1. The van der Waals surface area contributed by atoms with E-state index in [-0.39, 0.29) is 17.8 Å². The summed E-state index contributed by atoms with van der Waals surface area (Å²) in [5, 5.41) is 1.94. The number of hydrogen-bond donors (Lipinski definition) is 0. The maximum atomic E-state index is 13.1. The molecule has 160 valence electrons. The number of carbonyl (C=O) groups is 1. The van der Waals surface area contributed by atoms with Crippen molar-refractivity contribution < 1.29 is 18.7 Å². The van der Waals surface area contributed by atoms with Crippen LogP contribution in [0, 0.1) is 5.82 Å². The number of benzene rings is 2. The van der Waals surface area contributed by atoms with Crippen LogP contribution in [0.3, 0.4) is 0 Å². The Morgan fingerprint density at radius 2 is 1.97 bits per heavy atom. The van der Waals surface area contributed by atoms with Gasteiger partial charge in [0.15, 0.2) is 15.8 Å². The van der Waals surface area contributed by atoms with Crippen LogP contribution in [0.4, 0.5) is 4.39 Å². The summed E-state index contributed by atoms with van der Waals surface area (Å²) in [7, 11) is 0. The molecule has 1 saturated heterocycles. The zero-order chi connectivity index (χ0) is 21.2. The number of fused-ring (bicyclic) bond motifs is 1. The van der Waals surface area contributed by atoms with Gasteiger partial charge in [0.2, 0.25) is 5.91 Å². The lowest BCUT2D eigenvalue weighted by Crippen LogP contribution is -2.32. The fourth-order valence-electron chi connectivity index (χ4n) is 3.96. The molecule has 2 aliphatic heterocycles. The number of hydrogen-bond acceptors (Lipinski definition) is 6. The van der Waals surface area contributed by atoms with Crippen LogP contribution < -0.4 is 9.47 Å². The summed E-state index contributed by atoms with van der Waals surface area (Å²) in [6.07, 6.45) is 1.93. The van der Waals surface area contributed by atoms with Gasteiger partial charge in [-0.25, -0.2) is 9.37 Å². The molecule has 5 rings (SSSR count). The van der Waals surface area contributed by atoms with Gasteiger partial charge < -0.3 is 14.4 Å². The molecule has 1 aromatic heterocycles. The predicted molar refractivity (Wildman–Crippen MR) is 119 cm³/mol. The first-order chi connectivity index (χ1) is 15.2. The molecule has 8 heteroatoms. The topological polar surface area (TPSA) is 51.7 Å². The van der Waals surface area contributed by atoms with Crippen molar-refractivity contribution in [1.82, 2.24) is 9.88 Å². The van der Waals surface area contributed by atoms with Gasteiger partial charge in [-0.15, -0.1) is 11.3 Å². The number of likely N-dealkylation sites (tertiary alicyclic amines) is 1. The molecule has 1 atom stereocenters. The highest BCUT2D eigenvalue weighted by Crippen LogP contribution is 2.38. The maximum Gasteiger partial charge on any atom is 0.233 e. The zero-order valence-corrected chi connectivity index (χ0v) is 18.4. The first-order valence-corrected chi connectivity index (χ1v) is 12.1. The lowest BCUT2D eigenvalue weighted by molar-refractivity contribution is -0.129. The zero-order valence-electron chi connectivity index (χ0n) is 16.8. The minimum Gasteiger partial charge on any atom is -0.486 e. The largest absolute Gasteiger partial charge is 0.486 e. The van der Waals surface area contributed by atoms with E-state index >= 15 is 0 Å². The van der Waals surface area contributed by atoms with Crippen LogP contribution in [0.15, 0.2) is 52.2 Å². The summed E-state index contributed by atoms with van der Waals surface area (Å²) >= 11 is 2.95. The van der Waals surface area contributed by atoms with Gasteiger partial charge in [0.25, 0.3) is 0 Å². The van der Waals surface area contributed by atoms with Gasteiger partial charge >= 0.3 is 0 Å². The lowest BCUT2D eigenvalue weighted by atomic mass is 10.0. The molecule has 31 heavy (non-hydrogen) atoms. The SMILES string of the molecule is O=C(CSc1nc(-c2ccc(F)cc2)cs1)N1CCCC1c1ccc2c(c1)OCCO2. The Bertz CT molecular complexity index is 1090. The van der Waals surface area contributed by atoms with Crippen LogP contribution >= 0.6 is 23.1 Å². The van der Waals surface area contributed by atoms with Gasteiger partial charge in [-0.05, 0) is 54.8 Å². The van der Waals surface area contributed by atoms with Crippen molar-refractivity contribution in [3.63, 3.8) is 0 Å². The molecule has 0 saturated carbocycles. The number of thioether (sulfide) groups is 1. The second kappa shape index (κ2) is 8.88. The Labute approximate surface area is 188 Å². The van der Waals surface area contributed by atoms with Crippen molar-refractivity contribution in [3.8, 4) is 22.8 Å². The molecule has 0 bridgehead atoms. The molecule has 1 unspecified atom stereocenters. The second-order valence-corrected chi connectivity index (χ2v) is 9.52. The number of thiazole rings is 1. The minimum absolute atomic E-state index is 0.0648. The Kier molecular flexibility index (Phi) is 5.82. The summed E-state index contributed by atoms with van der Waals surface area (Å²) in [6, 6.07) is 12.3. The molecule has 5 nitrogen and oxygen atoms in total. The third-order valence-electron chi connectivity index (χ3n) is 5.47. The second-order valence-electron chi connectivity index (χ2n) is 7.44. The van der Waals surface area contributed by atoms with Crippen LogP contribution in [0.2, 0.25) is 0 Å². The number of rotatable bonds is 5. The summed E-state index contributed by atoms with van der Waals surface area (Å²) in [5.74, 6) is 1.71. The molecular formula is C23H21FN2O3S2. The minimum atomic E-state index is -0.266. The fraction of sp³-hybridized carbons (Fsp3) is 0.304. The number of ether oxygens (including phenoxy) is 2. The van der Waals surface area contributed by atoms with Crippen molar-refractivity contribution in [1.29, 1.82) is 0 Å². The highest BCUT2D eigenvalue weighted by Gasteiger charge is 2.31. The number of nitrogens with zero attached hydrogens (tertiary/aromatic N) is 2. The molecule has 3 heterocycles. The Morgan fingerprint density at radius 1 is 1.16 bits per heavy atom. The Morgan fingerprint density at radius 3 is 2.81 bits per heavy atom. The normalized spacial score (nSPS) is 17.7. The summed E-state index contributed by atoms with van der Waals surface area (Å²) in [6.45, 7) is 1.88. The fourth-order valence-corrected chi connectivity index (χ4v) is 5.68. The Balaban J connectivity index is 1.23. The molecule has 0 N–H and O–H groups in total. The van der Waals surface area contributed by atoms with E-state index < -0.39 is 0 Å². The molecule has 2 aliphatic rings. The highest BCUT2D eigenvalue weighted by atomic mass is 32.2. The van der Waals surface area contributed by atoms with Gasteiger partial charge in [-0.1, -0.05) is 17.8 Å². The number of aromatic nitrogens is 1. The van der Waals surface area contributed by atoms with E-state index in [2.05, 4.69) is 4.98 Å². The van der Waals surface area contributed by atoms with E-state index in [1.165, 1.54) is 35.2 Å². The first kappa shape index (κ1) is 20.3. The maximum absolute atomic E-state index is 13.1. The van der Waals surface area contributed by atoms with Crippen molar-refractivity contribution in [3.05, 3.63) is 59.2 Å². The molecule has 0 spiro atoms. The average Bonchev–Trinajstić information content (AvgIpc) is 3.48. The van der Waals surface area contributed by atoms with E-state index in [4.69, 9.17) is 9.47 Å². The van der Waals surface area contributed by atoms with Crippen LogP contribution in [0.5, 0.6) is 11.5 Å². The molecule has 3 aromatic rings. The summed E-state index contributed by atoms with van der Waals surface area (Å²) < 4.78 is 25.3. The monoisotopic (exact) mass is 456 g/mol. The van der Waals surface area contributed by atoms with E-state index in [9.17, 15) is 9.18 Å². The quantitative estimate of drug-likeness (QED) is 0.496. The predicted octanol–water partition coefficient (Wildman–Crippen LogP) is 5.18. The van der Waals surface area contributed by atoms with E-state index in [0.29, 0.717) is 19.0 Å². The van der Waals surface area contributed by atoms with E-state index in [1.54, 1.807) is 12.1 Å². The van der Waals surface area contributed by atoms with Crippen LogP contribution in [-0.4, -0.2) is 41.3 Å². The molecule has 1 amide bonds. The van der Waals surface area contributed by atoms with Gasteiger partial charge in [0, 0.05) is 17.5 Å². The average molecular weight is 457 g/mol. The van der Waals surface area contributed by atoms with Crippen LogP contribution in [-0.2, 0) is 4.79 Å². The van der Waals surface area contributed by atoms with E-state index in [1.807, 2.05) is 28.5 Å². The van der Waals surface area contributed by atoms with Crippen molar-refractivity contribution in [2.24, 2.45) is 0 Å². The van der Waals surface area contributed by atoms with Gasteiger partial charge in [-0.3, -0.25) is 4.79 Å². The third kappa shape index (κ3) is 4.41. The van der Waals surface area contributed by atoms with Gasteiger partial charge in [0.1, 0.15) is 19.0 Å². The van der Waals surface area contributed by atoms with Crippen molar-refractivity contribution >= 4 is 29.0 Å². The molecular weight excluding hydrogens is 435 g/mol. The number of halogens is 1. The lowest BCUT2D eigenvalue weighted by Gasteiger charge is -2.26. The third-order valence-corrected chi connectivity index (χ3v) is 7.47. The van der Waals surface area contributed by atoms with Crippen molar-refractivity contribution in [2.75, 3.05) is 25.5 Å². The molecule has 2 aromatic carbocycles. The molecule has 1 fully saturated rings. The molecule has 0 radical (unpaired) electrons. The molecule has 0 aliphatic carbocycles. The van der Waals surface area contributed by atoms with E-state index in [0.717, 1.165) is 52.0 Å². The summed E-state index contributed by atoms with van der Waals surface area (Å²) in [5.41, 5.74) is 2.76. The van der Waals surface area contributed by atoms with Crippen molar-refractivity contribution in [2.45, 2.75) is 23.2 Å². The smallest absolute Gasteiger partial charge is 0.233 e. The summed E-state index contributed by atoms with van der Waals surface area (Å²) in [4.78, 5) is 19.5. The number of amides is 1. The van der Waals surface area contributed by atoms with Crippen LogP contribution in [0.1, 0.15) is 24.4 Å². The Hall–Kier alpha value is -2.58.